The van der Waals surface area contributed by atoms with Crippen molar-refractivity contribution in [1.82, 2.24) is 5.32 Å². The second kappa shape index (κ2) is 7.51. The molecular formula is C20H19NO3. The zero-order valence-corrected chi connectivity index (χ0v) is 13.4. The minimum absolute atomic E-state index is 0.0103. The van der Waals surface area contributed by atoms with Gasteiger partial charge >= 0.3 is 0 Å². The van der Waals surface area contributed by atoms with Crippen LogP contribution in [0.5, 0.6) is 11.5 Å². The molecule has 3 rings (SSSR count). The molecule has 0 saturated carbocycles. The molecule has 4 heteroatoms. The molecule has 0 aliphatic heterocycles. The van der Waals surface area contributed by atoms with Gasteiger partial charge in [-0.3, -0.25) is 4.79 Å². The molecule has 1 unspecified atom stereocenters. The summed E-state index contributed by atoms with van der Waals surface area (Å²) in [4.78, 5) is 12.3. The van der Waals surface area contributed by atoms with E-state index in [1.54, 1.807) is 30.5 Å². The summed E-state index contributed by atoms with van der Waals surface area (Å²) >= 11 is 0. The molecular weight excluding hydrogens is 302 g/mol. The fraction of sp³-hybridized carbons (Fsp3) is 0.150. The van der Waals surface area contributed by atoms with E-state index < -0.39 is 0 Å². The van der Waals surface area contributed by atoms with Gasteiger partial charge in [0.25, 0.3) is 5.91 Å². The maximum absolute atomic E-state index is 12.3. The first kappa shape index (κ1) is 15.9. The van der Waals surface area contributed by atoms with Gasteiger partial charge in [-0.15, -0.1) is 0 Å². The number of benzene rings is 2. The van der Waals surface area contributed by atoms with E-state index in [4.69, 9.17) is 9.15 Å². The fourth-order valence-corrected chi connectivity index (χ4v) is 2.39. The highest BCUT2D eigenvalue weighted by molar-refractivity contribution is 5.94. The quantitative estimate of drug-likeness (QED) is 0.730. The van der Waals surface area contributed by atoms with Crippen LogP contribution in [-0.2, 0) is 6.42 Å². The van der Waals surface area contributed by atoms with Crippen molar-refractivity contribution < 1.29 is 13.9 Å². The molecule has 0 saturated heterocycles. The van der Waals surface area contributed by atoms with E-state index in [0.29, 0.717) is 17.7 Å². The molecule has 2 aromatic carbocycles. The van der Waals surface area contributed by atoms with Crippen molar-refractivity contribution in [1.29, 1.82) is 0 Å². The minimum atomic E-state index is -0.111. The van der Waals surface area contributed by atoms with Crippen LogP contribution in [-0.4, -0.2) is 11.9 Å². The first-order chi connectivity index (χ1) is 11.7. The van der Waals surface area contributed by atoms with Gasteiger partial charge in [0.1, 0.15) is 17.3 Å². The lowest BCUT2D eigenvalue weighted by Crippen LogP contribution is -2.33. The van der Waals surface area contributed by atoms with E-state index in [0.717, 1.165) is 11.5 Å². The van der Waals surface area contributed by atoms with Crippen molar-refractivity contribution in [2.75, 3.05) is 0 Å². The molecule has 1 N–H and O–H groups in total. The minimum Gasteiger partial charge on any atom is -0.469 e. The SMILES string of the molecule is CC(Cc1ccco1)NC(=O)c1ccc(Oc2ccccc2)cc1. The molecule has 0 aliphatic carbocycles. The molecule has 1 amide bonds. The number of hydrogen-bond donors (Lipinski definition) is 1. The highest BCUT2D eigenvalue weighted by atomic mass is 16.5. The van der Waals surface area contributed by atoms with Gasteiger partial charge in [0, 0.05) is 18.0 Å². The Labute approximate surface area is 141 Å². The van der Waals surface area contributed by atoms with Gasteiger partial charge in [0.2, 0.25) is 0 Å². The van der Waals surface area contributed by atoms with Crippen LogP contribution in [0.25, 0.3) is 0 Å². The Hall–Kier alpha value is -3.01. The predicted octanol–water partition coefficient (Wildman–Crippen LogP) is 4.43. The van der Waals surface area contributed by atoms with Gasteiger partial charge < -0.3 is 14.5 Å². The first-order valence-corrected chi connectivity index (χ1v) is 7.87. The lowest BCUT2D eigenvalue weighted by molar-refractivity contribution is 0.0939. The number of amides is 1. The maximum atomic E-state index is 12.3. The van der Waals surface area contributed by atoms with E-state index in [9.17, 15) is 4.79 Å². The Balaban J connectivity index is 1.57. The smallest absolute Gasteiger partial charge is 0.251 e. The molecule has 0 spiro atoms. The van der Waals surface area contributed by atoms with Gasteiger partial charge in [-0.25, -0.2) is 0 Å². The fourth-order valence-electron chi connectivity index (χ4n) is 2.39. The third kappa shape index (κ3) is 4.26. The van der Waals surface area contributed by atoms with Crippen LogP contribution in [0, 0.1) is 0 Å². The summed E-state index contributed by atoms with van der Waals surface area (Å²) in [6.07, 6.45) is 2.29. The molecule has 24 heavy (non-hydrogen) atoms. The van der Waals surface area contributed by atoms with Gasteiger partial charge in [-0.1, -0.05) is 18.2 Å². The Bertz CT molecular complexity index is 764. The summed E-state index contributed by atoms with van der Waals surface area (Å²) < 4.78 is 11.0. The van der Waals surface area contributed by atoms with Crippen LogP contribution < -0.4 is 10.1 Å². The Morgan fingerprint density at radius 1 is 1.00 bits per heavy atom. The van der Waals surface area contributed by atoms with Gasteiger partial charge in [0.15, 0.2) is 0 Å². The lowest BCUT2D eigenvalue weighted by Gasteiger charge is -2.13. The van der Waals surface area contributed by atoms with Crippen LogP contribution in [0.3, 0.4) is 0 Å². The first-order valence-electron chi connectivity index (χ1n) is 7.87. The molecule has 0 fully saturated rings. The standard InChI is InChI=1S/C20H19NO3/c1-15(14-19-8-5-13-23-19)21-20(22)16-9-11-18(12-10-16)24-17-6-3-2-4-7-17/h2-13,15H,14H2,1H3,(H,21,22). The second-order valence-corrected chi connectivity index (χ2v) is 5.60. The number of ether oxygens (including phenoxy) is 1. The number of para-hydroxylation sites is 1. The number of hydrogen-bond acceptors (Lipinski definition) is 3. The van der Waals surface area contributed by atoms with Crippen molar-refractivity contribution in [3.05, 3.63) is 84.3 Å². The number of carbonyl (C=O) groups excluding carboxylic acids is 1. The van der Waals surface area contributed by atoms with Crippen molar-refractivity contribution >= 4 is 5.91 Å². The second-order valence-electron chi connectivity index (χ2n) is 5.60. The average Bonchev–Trinajstić information content (AvgIpc) is 3.09. The summed E-state index contributed by atoms with van der Waals surface area (Å²) in [5.41, 5.74) is 0.599. The summed E-state index contributed by atoms with van der Waals surface area (Å²) in [5.74, 6) is 2.21. The molecule has 122 valence electrons. The normalized spacial score (nSPS) is 11.7. The van der Waals surface area contributed by atoms with Crippen LogP contribution >= 0.6 is 0 Å². The van der Waals surface area contributed by atoms with Crippen molar-refractivity contribution in [3.63, 3.8) is 0 Å². The zero-order valence-electron chi connectivity index (χ0n) is 13.4. The molecule has 1 atom stereocenters. The maximum Gasteiger partial charge on any atom is 0.251 e. The molecule has 4 nitrogen and oxygen atoms in total. The molecule has 0 bridgehead atoms. The van der Waals surface area contributed by atoms with Crippen molar-refractivity contribution in [2.24, 2.45) is 0 Å². The van der Waals surface area contributed by atoms with Gasteiger partial charge in [-0.2, -0.15) is 0 Å². The van der Waals surface area contributed by atoms with Gasteiger partial charge in [-0.05, 0) is 55.5 Å². The van der Waals surface area contributed by atoms with Crippen LogP contribution in [0.4, 0.5) is 0 Å². The largest absolute Gasteiger partial charge is 0.469 e. The van der Waals surface area contributed by atoms with E-state index in [1.807, 2.05) is 49.4 Å². The number of carbonyl (C=O) groups is 1. The highest BCUT2D eigenvalue weighted by Gasteiger charge is 2.11. The van der Waals surface area contributed by atoms with Gasteiger partial charge in [0.05, 0.1) is 6.26 Å². The summed E-state index contributed by atoms with van der Waals surface area (Å²) in [7, 11) is 0. The van der Waals surface area contributed by atoms with Crippen LogP contribution in [0.15, 0.2) is 77.4 Å². The van der Waals surface area contributed by atoms with E-state index in [1.165, 1.54) is 0 Å². The summed E-state index contributed by atoms with van der Waals surface area (Å²) in [6.45, 7) is 1.95. The average molecular weight is 321 g/mol. The Kier molecular flexibility index (Phi) is 4.96. The number of rotatable bonds is 6. The third-order valence-electron chi connectivity index (χ3n) is 3.56. The number of furan rings is 1. The molecule has 1 aromatic heterocycles. The zero-order chi connectivity index (χ0) is 16.8. The van der Waals surface area contributed by atoms with E-state index in [-0.39, 0.29) is 11.9 Å². The predicted molar refractivity (Wildman–Crippen MR) is 92.3 cm³/mol. The number of nitrogens with one attached hydrogen (secondary N) is 1. The van der Waals surface area contributed by atoms with Crippen molar-refractivity contribution in [3.8, 4) is 11.5 Å². The Morgan fingerprint density at radius 2 is 1.71 bits per heavy atom. The van der Waals surface area contributed by atoms with Crippen LogP contribution in [0.1, 0.15) is 23.0 Å². The summed E-state index contributed by atoms with van der Waals surface area (Å²) in [6, 6.07) is 20.4. The van der Waals surface area contributed by atoms with Crippen LogP contribution in [0.2, 0.25) is 0 Å². The molecule has 1 heterocycles. The topological polar surface area (TPSA) is 51.5 Å². The third-order valence-corrected chi connectivity index (χ3v) is 3.56. The van der Waals surface area contributed by atoms with E-state index >= 15 is 0 Å². The monoisotopic (exact) mass is 321 g/mol. The molecule has 0 aliphatic rings. The molecule has 3 aromatic rings. The van der Waals surface area contributed by atoms with Crippen molar-refractivity contribution in [2.45, 2.75) is 19.4 Å². The highest BCUT2D eigenvalue weighted by Crippen LogP contribution is 2.21. The Morgan fingerprint density at radius 3 is 2.38 bits per heavy atom. The van der Waals surface area contributed by atoms with E-state index in [2.05, 4.69) is 5.32 Å². The lowest BCUT2D eigenvalue weighted by atomic mass is 10.1. The summed E-state index contributed by atoms with van der Waals surface area (Å²) in [5, 5.41) is 2.96. The molecule has 0 radical (unpaired) electrons.